The average Bonchev–Trinajstić information content (AvgIpc) is 2.59. The van der Waals surface area contributed by atoms with E-state index in [0.29, 0.717) is 17.7 Å². The van der Waals surface area contributed by atoms with Gasteiger partial charge in [-0.3, -0.25) is 19.7 Å². The Morgan fingerprint density at radius 3 is 2.00 bits per heavy atom. The second-order valence-electron chi connectivity index (χ2n) is 4.76. The number of nitro groups is 1. The predicted octanol–water partition coefficient (Wildman–Crippen LogP) is 1.88. The van der Waals surface area contributed by atoms with E-state index in [1.165, 1.54) is 24.3 Å². The van der Waals surface area contributed by atoms with Gasteiger partial charge in [-0.1, -0.05) is 12.1 Å². The van der Waals surface area contributed by atoms with E-state index >= 15 is 0 Å². The molecule has 0 heterocycles. The number of hydrogen-bond donors (Lipinski definition) is 2. The van der Waals surface area contributed by atoms with Crippen LogP contribution in [0.25, 0.3) is 0 Å². The zero-order valence-corrected chi connectivity index (χ0v) is 12.4. The van der Waals surface area contributed by atoms with Crippen LogP contribution in [-0.4, -0.2) is 23.8 Å². The fraction of sp³-hybridized carbons (Fsp3) is 0.125. The molecule has 0 saturated carbocycles. The molecule has 0 radical (unpaired) electrons. The van der Waals surface area contributed by atoms with Gasteiger partial charge in [-0.15, -0.1) is 0 Å². The first-order chi connectivity index (χ1) is 11.0. The zero-order chi connectivity index (χ0) is 16.8. The van der Waals surface area contributed by atoms with Crippen LogP contribution in [0.2, 0.25) is 0 Å². The Balaban J connectivity index is 1.96. The SMILES string of the molecule is CNC(=O)c1ccc(CNC(=O)c2ccc([N+](=O)[O-])cc2)cc1. The number of benzene rings is 2. The van der Waals surface area contributed by atoms with Crippen LogP contribution in [0, 0.1) is 10.1 Å². The lowest BCUT2D eigenvalue weighted by molar-refractivity contribution is -0.384. The number of nitrogens with one attached hydrogen (secondary N) is 2. The van der Waals surface area contributed by atoms with E-state index in [1.807, 2.05) is 0 Å². The van der Waals surface area contributed by atoms with Gasteiger partial charge in [0.05, 0.1) is 4.92 Å². The standard InChI is InChI=1S/C16H15N3O4/c1-17-15(20)12-4-2-11(3-5-12)10-18-16(21)13-6-8-14(9-7-13)19(22)23/h2-9H,10H2,1H3,(H,17,20)(H,18,21). The lowest BCUT2D eigenvalue weighted by Gasteiger charge is -2.06. The van der Waals surface area contributed by atoms with Crippen molar-refractivity contribution in [1.82, 2.24) is 10.6 Å². The molecule has 2 amide bonds. The van der Waals surface area contributed by atoms with Gasteiger partial charge in [-0.25, -0.2) is 0 Å². The van der Waals surface area contributed by atoms with Crippen molar-refractivity contribution < 1.29 is 14.5 Å². The molecule has 0 unspecified atom stereocenters. The van der Waals surface area contributed by atoms with Gasteiger partial charge in [0.2, 0.25) is 0 Å². The third kappa shape index (κ3) is 4.13. The lowest BCUT2D eigenvalue weighted by Crippen LogP contribution is -2.23. The minimum atomic E-state index is -0.518. The molecule has 0 spiro atoms. The van der Waals surface area contributed by atoms with Gasteiger partial charge in [0.1, 0.15) is 0 Å². The Kier molecular flexibility index (Phi) is 5.03. The Morgan fingerprint density at radius 1 is 0.957 bits per heavy atom. The molecule has 0 aliphatic heterocycles. The van der Waals surface area contributed by atoms with E-state index in [-0.39, 0.29) is 17.5 Å². The van der Waals surface area contributed by atoms with Crippen LogP contribution in [-0.2, 0) is 6.54 Å². The largest absolute Gasteiger partial charge is 0.355 e. The topological polar surface area (TPSA) is 101 Å². The summed E-state index contributed by atoms with van der Waals surface area (Å²) in [4.78, 5) is 33.4. The summed E-state index contributed by atoms with van der Waals surface area (Å²) in [6.07, 6.45) is 0. The first-order valence-corrected chi connectivity index (χ1v) is 6.85. The van der Waals surface area contributed by atoms with Gasteiger partial charge in [-0.2, -0.15) is 0 Å². The maximum absolute atomic E-state index is 12.0. The molecule has 118 valence electrons. The number of amides is 2. The van der Waals surface area contributed by atoms with E-state index in [2.05, 4.69) is 10.6 Å². The highest BCUT2D eigenvalue weighted by atomic mass is 16.6. The lowest BCUT2D eigenvalue weighted by atomic mass is 10.1. The van der Waals surface area contributed by atoms with Crippen LogP contribution < -0.4 is 10.6 Å². The summed E-state index contributed by atoms with van der Waals surface area (Å²) < 4.78 is 0. The molecule has 23 heavy (non-hydrogen) atoms. The molecule has 2 aromatic rings. The van der Waals surface area contributed by atoms with Crippen LogP contribution in [0.15, 0.2) is 48.5 Å². The van der Waals surface area contributed by atoms with E-state index in [9.17, 15) is 19.7 Å². The number of carbonyl (C=O) groups is 2. The Morgan fingerprint density at radius 2 is 1.48 bits per heavy atom. The van der Waals surface area contributed by atoms with Gasteiger partial charge in [0, 0.05) is 36.9 Å². The molecule has 7 nitrogen and oxygen atoms in total. The van der Waals surface area contributed by atoms with Gasteiger partial charge in [0.25, 0.3) is 17.5 Å². The summed E-state index contributed by atoms with van der Waals surface area (Å²) in [7, 11) is 1.56. The summed E-state index contributed by atoms with van der Waals surface area (Å²) in [6.45, 7) is 0.295. The molecule has 0 bridgehead atoms. The van der Waals surface area contributed by atoms with Crippen LogP contribution in [0.4, 0.5) is 5.69 Å². The molecule has 7 heteroatoms. The number of carbonyl (C=O) groups excluding carboxylic acids is 2. The van der Waals surface area contributed by atoms with Crippen LogP contribution in [0.1, 0.15) is 26.3 Å². The summed E-state index contributed by atoms with van der Waals surface area (Å²) >= 11 is 0. The first-order valence-electron chi connectivity index (χ1n) is 6.85. The normalized spacial score (nSPS) is 9.96. The Hall–Kier alpha value is -3.22. The van der Waals surface area contributed by atoms with Crippen molar-refractivity contribution in [3.63, 3.8) is 0 Å². The second-order valence-corrected chi connectivity index (χ2v) is 4.76. The van der Waals surface area contributed by atoms with Crippen molar-refractivity contribution in [1.29, 1.82) is 0 Å². The van der Waals surface area contributed by atoms with Crippen molar-refractivity contribution in [2.75, 3.05) is 7.05 Å². The Bertz CT molecular complexity index is 724. The summed E-state index contributed by atoms with van der Waals surface area (Å²) in [5, 5.41) is 15.8. The highest BCUT2D eigenvalue weighted by Crippen LogP contribution is 2.12. The van der Waals surface area contributed by atoms with E-state index < -0.39 is 4.92 Å². The molecule has 0 aliphatic carbocycles. The Labute approximate surface area is 132 Å². The summed E-state index contributed by atoms with van der Waals surface area (Å²) in [5.41, 5.74) is 1.66. The first kappa shape index (κ1) is 16.2. The van der Waals surface area contributed by atoms with Crippen LogP contribution >= 0.6 is 0 Å². The van der Waals surface area contributed by atoms with Gasteiger partial charge >= 0.3 is 0 Å². The highest BCUT2D eigenvalue weighted by Gasteiger charge is 2.09. The molecule has 2 aromatic carbocycles. The molecular weight excluding hydrogens is 298 g/mol. The highest BCUT2D eigenvalue weighted by molar-refractivity contribution is 5.95. The number of nitro benzene ring substituents is 1. The molecule has 2 N–H and O–H groups in total. The maximum Gasteiger partial charge on any atom is 0.269 e. The molecule has 0 aliphatic rings. The zero-order valence-electron chi connectivity index (χ0n) is 12.4. The van der Waals surface area contributed by atoms with Crippen LogP contribution in [0.3, 0.4) is 0 Å². The number of hydrogen-bond acceptors (Lipinski definition) is 4. The fourth-order valence-electron chi connectivity index (χ4n) is 1.94. The second kappa shape index (κ2) is 7.17. The van der Waals surface area contributed by atoms with Gasteiger partial charge in [-0.05, 0) is 29.8 Å². The quantitative estimate of drug-likeness (QED) is 0.650. The third-order valence-electron chi connectivity index (χ3n) is 3.24. The fourth-order valence-corrected chi connectivity index (χ4v) is 1.94. The van der Waals surface area contributed by atoms with Gasteiger partial charge in [0.15, 0.2) is 0 Å². The molecular formula is C16H15N3O4. The number of nitrogens with zero attached hydrogens (tertiary/aromatic N) is 1. The van der Waals surface area contributed by atoms with Crippen molar-refractivity contribution in [2.24, 2.45) is 0 Å². The molecule has 0 aromatic heterocycles. The van der Waals surface area contributed by atoms with Crippen molar-refractivity contribution in [3.05, 3.63) is 75.3 Å². The van der Waals surface area contributed by atoms with Crippen molar-refractivity contribution in [2.45, 2.75) is 6.54 Å². The van der Waals surface area contributed by atoms with E-state index in [0.717, 1.165) is 5.56 Å². The van der Waals surface area contributed by atoms with E-state index in [4.69, 9.17) is 0 Å². The number of rotatable bonds is 5. The molecule has 0 fully saturated rings. The molecule has 0 saturated heterocycles. The van der Waals surface area contributed by atoms with Crippen molar-refractivity contribution in [3.8, 4) is 0 Å². The third-order valence-corrected chi connectivity index (χ3v) is 3.24. The minimum absolute atomic E-state index is 0.0636. The monoisotopic (exact) mass is 313 g/mol. The molecule has 0 atom stereocenters. The van der Waals surface area contributed by atoms with Crippen LogP contribution in [0.5, 0.6) is 0 Å². The molecule has 2 rings (SSSR count). The van der Waals surface area contributed by atoms with E-state index in [1.54, 1.807) is 31.3 Å². The minimum Gasteiger partial charge on any atom is -0.355 e. The van der Waals surface area contributed by atoms with Gasteiger partial charge < -0.3 is 10.6 Å². The maximum atomic E-state index is 12.0. The summed E-state index contributed by atoms with van der Waals surface area (Å²) in [6, 6.07) is 12.2. The average molecular weight is 313 g/mol. The predicted molar refractivity (Wildman–Crippen MR) is 84.1 cm³/mol. The van der Waals surface area contributed by atoms with Crippen molar-refractivity contribution >= 4 is 17.5 Å². The smallest absolute Gasteiger partial charge is 0.269 e. The summed E-state index contributed by atoms with van der Waals surface area (Å²) in [5.74, 6) is -0.498. The number of non-ortho nitro benzene ring substituents is 1.